The number of hydrogen-bond donors (Lipinski definition) is 1. The summed E-state index contributed by atoms with van der Waals surface area (Å²) in [5.74, 6) is -0.144. The van der Waals surface area contributed by atoms with Crippen molar-refractivity contribution >= 4 is 0 Å². The van der Waals surface area contributed by atoms with Crippen molar-refractivity contribution in [1.29, 1.82) is 0 Å². The number of rotatable bonds is 2. The monoisotopic (exact) mass is 221 g/mol. The van der Waals surface area contributed by atoms with Crippen molar-refractivity contribution in [1.82, 2.24) is 0 Å². The van der Waals surface area contributed by atoms with Crippen LogP contribution in [0.4, 0.5) is 4.39 Å². The summed E-state index contributed by atoms with van der Waals surface area (Å²) in [6.45, 7) is 0.635. The Morgan fingerprint density at radius 3 is 2.38 bits per heavy atom. The van der Waals surface area contributed by atoms with E-state index in [0.29, 0.717) is 6.54 Å². The van der Waals surface area contributed by atoms with Crippen LogP contribution in [0.2, 0.25) is 0 Å². The van der Waals surface area contributed by atoms with E-state index in [-0.39, 0.29) is 11.2 Å². The van der Waals surface area contributed by atoms with E-state index in [2.05, 4.69) is 0 Å². The first kappa shape index (κ1) is 11.6. The molecule has 1 aromatic rings. The standard InChI is InChI=1S/C14H20FN/c15-13-7-5-6-12(10-13)14(11-16)8-3-1-2-4-9-14/h5-7,10H,1-4,8-9,11,16H2. The van der Waals surface area contributed by atoms with Crippen LogP contribution in [0.25, 0.3) is 0 Å². The van der Waals surface area contributed by atoms with Crippen LogP contribution in [0.5, 0.6) is 0 Å². The third kappa shape index (κ3) is 2.27. The molecule has 2 rings (SSSR count). The zero-order chi connectivity index (χ0) is 11.4. The molecule has 0 amide bonds. The molecule has 0 spiro atoms. The van der Waals surface area contributed by atoms with Gasteiger partial charge in [0.15, 0.2) is 0 Å². The normalized spacial score (nSPS) is 20.4. The summed E-state index contributed by atoms with van der Waals surface area (Å²) in [4.78, 5) is 0. The molecule has 16 heavy (non-hydrogen) atoms. The average Bonchev–Trinajstić information content (AvgIpc) is 2.55. The summed E-state index contributed by atoms with van der Waals surface area (Å²) >= 11 is 0. The van der Waals surface area contributed by atoms with Crippen LogP contribution in [0, 0.1) is 5.82 Å². The fraction of sp³-hybridized carbons (Fsp3) is 0.571. The van der Waals surface area contributed by atoms with Gasteiger partial charge in [0.2, 0.25) is 0 Å². The average molecular weight is 221 g/mol. The molecule has 0 unspecified atom stereocenters. The van der Waals surface area contributed by atoms with E-state index in [4.69, 9.17) is 5.73 Å². The van der Waals surface area contributed by atoms with Crippen LogP contribution in [-0.2, 0) is 5.41 Å². The highest BCUT2D eigenvalue weighted by molar-refractivity contribution is 5.27. The predicted molar refractivity (Wildman–Crippen MR) is 64.8 cm³/mol. The van der Waals surface area contributed by atoms with Gasteiger partial charge in [-0.15, -0.1) is 0 Å². The zero-order valence-corrected chi connectivity index (χ0v) is 9.71. The van der Waals surface area contributed by atoms with Gasteiger partial charge in [-0.05, 0) is 30.5 Å². The van der Waals surface area contributed by atoms with Crippen molar-refractivity contribution in [3.8, 4) is 0 Å². The van der Waals surface area contributed by atoms with Gasteiger partial charge in [0.1, 0.15) is 5.82 Å². The van der Waals surface area contributed by atoms with Crippen LogP contribution in [-0.4, -0.2) is 6.54 Å². The molecule has 1 aliphatic carbocycles. The van der Waals surface area contributed by atoms with Gasteiger partial charge in [0, 0.05) is 12.0 Å². The smallest absolute Gasteiger partial charge is 0.123 e. The molecule has 1 aromatic carbocycles. The largest absolute Gasteiger partial charge is 0.330 e. The minimum absolute atomic E-state index is 0.0264. The van der Waals surface area contributed by atoms with Gasteiger partial charge >= 0.3 is 0 Å². The molecule has 0 heterocycles. The second-order valence-electron chi connectivity index (χ2n) is 4.91. The summed E-state index contributed by atoms with van der Waals surface area (Å²) in [6, 6.07) is 7.00. The van der Waals surface area contributed by atoms with Gasteiger partial charge in [0.25, 0.3) is 0 Å². The first-order chi connectivity index (χ1) is 7.77. The molecule has 1 fully saturated rings. The van der Waals surface area contributed by atoms with Crippen molar-refractivity contribution in [3.63, 3.8) is 0 Å². The summed E-state index contributed by atoms with van der Waals surface area (Å²) in [5.41, 5.74) is 7.09. The predicted octanol–water partition coefficient (Wildman–Crippen LogP) is 3.38. The van der Waals surface area contributed by atoms with E-state index in [0.717, 1.165) is 18.4 Å². The Bertz CT molecular complexity index is 340. The van der Waals surface area contributed by atoms with Crippen molar-refractivity contribution in [2.75, 3.05) is 6.54 Å². The van der Waals surface area contributed by atoms with E-state index >= 15 is 0 Å². The highest BCUT2D eigenvalue weighted by Gasteiger charge is 2.31. The molecule has 1 aliphatic rings. The summed E-state index contributed by atoms with van der Waals surface area (Å²) in [5, 5.41) is 0. The number of hydrogen-bond acceptors (Lipinski definition) is 1. The number of halogens is 1. The molecule has 1 nitrogen and oxygen atoms in total. The minimum atomic E-state index is -0.144. The highest BCUT2D eigenvalue weighted by atomic mass is 19.1. The fourth-order valence-electron chi connectivity index (χ4n) is 2.83. The Labute approximate surface area is 96.9 Å². The number of nitrogens with two attached hydrogens (primary N) is 1. The van der Waals surface area contributed by atoms with Gasteiger partial charge in [-0.1, -0.05) is 37.8 Å². The third-order valence-corrected chi connectivity index (χ3v) is 3.89. The lowest BCUT2D eigenvalue weighted by molar-refractivity contribution is 0.379. The van der Waals surface area contributed by atoms with Crippen molar-refractivity contribution < 1.29 is 4.39 Å². The lowest BCUT2D eigenvalue weighted by Gasteiger charge is -2.32. The maximum atomic E-state index is 13.3. The molecule has 2 heteroatoms. The Balaban J connectivity index is 2.31. The molecule has 0 atom stereocenters. The topological polar surface area (TPSA) is 26.0 Å². The first-order valence-electron chi connectivity index (χ1n) is 6.23. The molecule has 88 valence electrons. The second kappa shape index (κ2) is 4.96. The van der Waals surface area contributed by atoms with E-state index in [1.54, 1.807) is 12.1 Å². The van der Waals surface area contributed by atoms with Crippen LogP contribution in [0.15, 0.2) is 24.3 Å². The molecule has 2 N–H and O–H groups in total. The Hall–Kier alpha value is -0.890. The SMILES string of the molecule is NCC1(c2cccc(F)c2)CCCCCC1. The van der Waals surface area contributed by atoms with E-state index in [1.807, 2.05) is 6.07 Å². The maximum absolute atomic E-state index is 13.3. The zero-order valence-electron chi connectivity index (χ0n) is 9.71. The molecule has 0 radical (unpaired) electrons. The molecule has 1 saturated carbocycles. The van der Waals surface area contributed by atoms with Crippen LogP contribution in [0.3, 0.4) is 0 Å². The Morgan fingerprint density at radius 1 is 1.12 bits per heavy atom. The summed E-state index contributed by atoms with van der Waals surface area (Å²) < 4.78 is 13.3. The molecule has 0 saturated heterocycles. The lowest BCUT2D eigenvalue weighted by atomic mass is 9.74. The van der Waals surface area contributed by atoms with Crippen molar-refractivity contribution in [2.45, 2.75) is 43.9 Å². The summed E-state index contributed by atoms with van der Waals surface area (Å²) in [7, 11) is 0. The minimum Gasteiger partial charge on any atom is -0.330 e. The number of benzene rings is 1. The Kier molecular flexibility index (Phi) is 3.59. The van der Waals surface area contributed by atoms with E-state index in [9.17, 15) is 4.39 Å². The first-order valence-corrected chi connectivity index (χ1v) is 6.23. The maximum Gasteiger partial charge on any atom is 0.123 e. The van der Waals surface area contributed by atoms with Gasteiger partial charge in [-0.3, -0.25) is 0 Å². The van der Waals surface area contributed by atoms with Gasteiger partial charge in [-0.2, -0.15) is 0 Å². The van der Waals surface area contributed by atoms with Crippen LogP contribution < -0.4 is 5.73 Å². The molecular weight excluding hydrogens is 201 g/mol. The molecular formula is C14H20FN. The van der Waals surface area contributed by atoms with E-state index in [1.165, 1.54) is 31.7 Å². The lowest BCUT2D eigenvalue weighted by Crippen LogP contribution is -2.34. The third-order valence-electron chi connectivity index (χ3n) is 3.89. The molecule has 0 aliphatic heterocycles. The van der Waals surface area contributed by atoms with Crippen LogP contribution >= 0.6 is 0 Å². The Morgan fingerprint density at radius 2 is 1.81 bits per heavy atom. The molecule has 0 bridgehead atoms. The van der Waals surface area contributed by atoms with Gasteiger partial charge < -0.3 is 5.73 Å². The second-order valence-corrected chi connectivity index (χ2v) is 4.91. The van der Waals surface area contributed by atoms with Crippen LogP contribution in [0.1, 0.15) is 44.1 Å². The fourth-order valence-corrected chi connectivity index (χ4v) is 2.83. The summed E-state index contributed by atoms with van der Waals surface area (Å²) in [6.07, 6.45) is 7.22. The van der Waals surface area contributed by atoms with Gasteiger partial charge in [-0.25, -0.2) is 4.39 Å². The van der Waals surface area contributed by atoms with Gasteiger partial charge in [0.05, 0.1) is 0 Å². The molecule has 0 aromatic heterocycles. The van der Waals surface area contributed by atoms with Crippen molar-refractivity contribution in [2.24, 2.45) is 5.73 Å². The van der Waals surface area contributed by atoms with Crippen molar-refractivity contribution in [3.05, 3.63) is 35.6 Å². The quantitative estimate of drug-likeness (QED) is 0.761. The highest BCUT2D eigenvalue weighted by Crippen LogP contribution is 2.37. The van der Waals surface area contributed by atoms with E-state index < -0.39 is 0 Å².